The Morgan fingerprint density at radius 1 is 1.00 bits per heavy atom. The van der Waals surface area contributed by atoms with E-state index in [2.05, 4.69) is 19.9 Å². The highest BCUT2D eigenvalue weighted by molar-refractivity contribution is 5.94. The van der Waals surface area contributed by atoms with Gasteiger partial charge in [0.15, 0.2) is 5.92 Å². The number of hydrogen-bond donors (Lipinski definition) is 4. The average Bonchev–Trinajstić information content (AvgIpc) is 2.98. The van der Waals surface area contributed by atoms with Crippen LogP contribution in [0, 0.1) is 5.92 Å². The molecule has 0 saturated carbocycles. The lowest BCUT2D eigenvalue weighted by atomic mass is 9.91. The first kappa shape index (κ1) is 11.8. The van der Waals surface area contributed by atoms with Gasteiger partial charge in [0.2, 0.25) is 0 Å². The van der Waals surface area contributed by atoms with Crippen LogP contribution in [0.25, 0.3) is 0 Å². The summed E-state index contributed by atoms with van der Waals surface area (Å²) in [4.78, 5) is 35.5. The van der Waals surface area contributed by atoms with Crippen molar-refractivity contribution in [3.63, 3.8) is 0 Å². The molecule has 0 amide bonds. The zero-order valence-corrected chi connectivity index (χ0v) is 9.07. The minimum atomic E-state index is -1.66. The monoisotopic (exact) mass is 250 g/mol. The van der Waals surface area contributed by atoms with Gasteiger partial charge in [-0.25, -0.2) is 9.97 Å². The molecule has 94 valence electrons. The Morgan fingerprint density at radius 2 is 1.44 bits per heavy atom. The summed E-state index contributed by atoms with van der Waals surface area (Å²) in [6, 6.07) is 0. The molecule has 2 rings (SSSR count). The summed E-state index contributed by atoms with van der Waals surface area (Å²) in [6.45, 7) is 0. The number of imidazole rings is 2. The third kappa shape index (κ3) is 2.08. The lowest BCUT2D eigenvalue weighted by Gasteiger charge is -2.16. The number of carboxylic acids is 2. The average molecular weight is 250 g/mol. The molecule has 0 aliphatic heterocycles. The predicted molar refractivity (Wildman–Crippen MR) is 57.8 cm³/mol. The van der Waals surface area contributed by atoms with E-state index >= 15 is 0 Å². The summed E-state index contributed by atoms with van der Waals surface area (Å²) in [5, 5.41) is 18.1. The molecule has 18 heavy (non-hydrogen) atoms. The fourth-order valence-electron chi connectivity index (χ4n) is 1.73. The van der Waals surface area contributed by atoms with Crippen molar-refractivity contribution in [3.8, 4) is 0 Å². The maximum atomic E-state index is 11.1. The first-order valence-corrected chi connectivity index (χ1v) is 5.05. The number of nitrogens with one attached hydrogen (secondary N) is 2. The summed E-state index contributed by atoms with van der Waals surface area (Å²) >= 11 is 0. The Hall–Kier alpha value is -2.64. The molecule has 0 spiro atoms. The second-order valence-electron chi connectivity index (χ2n) is 3.58. The number of rotatable bonds is 5. The molecule has 0 saturated heterocycles. The van der Waals surface area contributed by atoms with Gasteiger partial charge in [-0.2, -0.15) is 0 Å². The van der Waals surface area contributed by atoms with E-state index in [1.165, 1.54) is 24.8 Å². The number of hydrogen-bond acceptors (Lipinski definition) is 4. The van der Waals surface area contributed by atoms with Crippen LogP contribution >= 0.6 is 0 Å². The highest BCUT2D eigenvalue weighted by Gasteiger charge is 2.40. The van der Waals surface area contributed by atoms with Gasteiger partial charge in [-0.15, -0.1) is 0 Å². The molecule has 0 bridgehead atoms. The standard InChI is InChI=1S/C10H10N4O4/c15-9(16)6(10(17)18)5(7-11-1-2-12-7)8-13-3-4-14-8/h1-6H,(H,11,12)(H,13,14)(H,15,16)(H,17,18). The number of carbonyl (C=O) groups is 2. The number of aromatic nitrogens is 4. The van der Waals surface area contributed by atoms with Crippen LogP contribution in [0.3, 0.4) is 0 Å². The van der Waals surface area contributed by atoms with Gasteiger partial charge in [0, 0.05) is 24.8 Å². The number of aromatic amines is 2. The Kier molecular flexibility index (Phi) is 3.09. The fraction of sp³-hybridized carbons (Fsp3) is 0.200. The van der Waals surface area contributed by atoms with Crippen molar-refractivity contribution in [2.24, 2.45) is 5.92 Å². The number of H-pyrrole nitrogens is 2. The zero-order chi connectivity index (χ0) is 13.1. The lowest BCUT2D eigenvalue weighted by molar-refractivity contribution is -0.155. The molecule has 0 aliphatic carbocycles. The molecule has 0 atom stereocenters. The van der Waals surface area contributed by atoms with Crippen molar-refractivity contribution < 1.29 is 19.8 Å². The molecule has 2 aromatic heterocycles. The van der Waals surface area contributed by atoms with Gasteiger partial charge in [0.05, 0.1) is 5.92 Å². The van der Waals surface area contributed by atoms with Crippen molar-refractivity contribution in [3.05, 3.63) is 36.4 Å². The van der Waals surface area contributed by atoms with Gasteiger partial charge in [0.1, 0.15) is 11.6 Å². The molecule has 0 radical (unpaired) electrons. The number of nitrogens with zero attached hydrogens (tertiary/aromatic N) is 2. The van der Waals surface area contributed by atoms with E-state index < -0.39 is 23.8 Å². The van der Waals surface area contributed by atoms with Crippen molar-refractivity contribution >= 4 is 11.9 Å². The molecule has 0 aromatic carbocycles. The van der Waals surface area contributed by atoms with Gasteiger partial charge in [-0.3, -0.25) is 9.59 Å². The van der Waals surface area contributed by atoms with E-state index in [0.29, 0.717) is 0 Å². The quantitative estimate of drug-likeness (QED) is 0.554. The van der Waals surface area contributed by atoms with Crippen LogP contribution in [0.2, 0.25) is 0 Å². The SMILES string of the molecule is O=C(O)C(C(=O)O)C(c1ncc[nH]1)c1ncc[nH]1. The third-order valence-corrected chi connectivity index (χ3v) is 2.49. The zero-order valence-electron chi connectivity index (χ0n) is 9.07. The first-order valence-electron chi connectivity index (χ1n) is 5.05. The molecular formula is C10H10N4O4. The highest BCUT2D eigenvalue weighted by atomic mass is 16.4. The van der Waals surface area contributed by atoms with Crippen LogP contribution in [-0.2, 0) is 9.59 Å². The minimum absolute atomic E-state index is 0.236. The summed E-state index contributed by atoms with van der Waals surface area (Å²) < 4.78 is 0. The maximum Gasteiger partial charge on any atom is 0.319 e. The van der Waals surface area contributed by atoms with Crippen LogP contribution in [0.15, 0.2) is 24.8 Å². The van der Waals surface area contributed by atoms with E-state index in [1.807, 2.05) is 0 Å². The molecule has 0 unspecified atom stereocenters. The van der Waals surface area contributed by atoms with E-state index in [4.69, 9.17) is 10.2 Å². The smallest absolute Gasteiger partial charge is 0.319 e. The number of aliphatic carboxylic acids is 2. The number of carboxylic acid groups (broad SMARTS) is 2. The van der Waals surface area contributed by atoms with Gasteiger partial charge in [0.25, 0.3) is 0 Å². The van der Waals surface area contributed by atoms with Crippen LogP contribution in [0.5, 0.6) is 0 Å². The molecule has 4 N–H and O–H groups in total. The Labute approximate surface area is 101 Å². The van der Waals surface area contributed by atoms with E-state index in [1.54, 1.807) is 0 Å². The van der Waals surface area contributed by atoms with E-state index in [9.17, 15) is 9.59 Å². The highest BCUT2D eigenvalue weighted by Crippen LogP contribution is 2.28. The predicted octanol–water partition coefficient (Wildman–Crippen LogP) is 0.0501. The van der Waals surface area contributed by atoms with Crippen molar-refractivity contribution in [1.82, 2.24) is 19.9 Å². The molecule has 8 heteroatoms. The van der Waals surface area contributed by atoms with E-state index in [-0.39, 0.29) is 11.6 Å². The summed E-state index contributed by atoms with van der Waals surface area (Å²) in [6.07, 6.45) is 5.83. The second kappa shape index (κ2) is 4.70. The molecule has 0 aliphatic rings. The summed E-state index contributed by atoms with van der Waals surface area (Å²) in [7, 11) is 0. The molecule has 2 heterocycles. The van der Waals surface area contributed by atoms with Crippen LogP contribution < -0.4 is 0 Å². The van der Waals surface area contributed by atoms with E-state index in [0.717, 1.165) is 0 Å². The van der Waals surface area contributed by atoms with Crippen molar-refractivity contribution in [2.45, 2.75) is 5.92 Å². The fourth-order valence-corrected chi connectivity index (χ4v) is 1.73. The van der Waals surface area contributed by atoms with Crippen LogP contribution in [0.4, 0.5) is 0 Å². The molecule has 0 fully saturated rings. The summed E-state index contributed by atoms with van der Waals surface area (Å²) in [5.41, 5.74) is 0. The third-order valence-electron chi connectivity index (χ3n) is 2.49. The Balaban J connectivity index is 2.48. The molecule has 8 nitrogen and oxygen atoms in total. The van der Waals surface area contributed by atoms with Gasteiger partial charge in [-0.1, -0.05) is 0 Å². The summed E-state index contributed by atoms with van der Waals surface area (Å²) in [5.74, 6) is -5.08. The van der Waals surface area contributed by atoms with Crippen molar-refractivity contribution in [1.29, 1.82) is 0 Å². The Morgan fingerprint density at radius 3 is 1.72 bits per heavy atom. The maximum absolute atomic E-state index is 11.1. The van der Waals surface area contributed by atoms with Crippen molar-refractivity contribution in [2.75, 3.05) is 0 Å². The largest absolute Gasteiger partial charge is 0.481 e. The molecular weight excluding hydrogens is 240 g/mol. The minimum Gasteiger partial charge on any atom is -0.481 e. The topological polar surface area (TPSA) is 132 Å². The van der Waals surface area contributed by atoms with Gasteiger partial charge < -0.3 is 20.2 Å². The molecule has 2 aromatic rings. The second-order valence-corrected chi connectivity index (χ2v) is 3.58. The van der Waals surface area contributed by atoms with Crippen LogP contribution in [0.1, 0.15) is 17.6 Å². The van der Waals surface area contributed by atoms with Crippen LogP contribution in [-0.4, -0.2) is 42.1 Å². The first-order chi connectivity index (χ1) is 8.61. The van der Waals surface area contributed by atoms with Gasteiger partial charge in [-0.05, 0) is 0 Å². The lowest BCUT2D eigenvalue weighted by Crippen LogP contribution is -2.31. The van der Waals surface area contributed by atoms with Gasteiger partial charge >= 0.3 is 11.9 Å². The normalized spacial score (nSPS) is 11.0. The Bertz CT molecular complexity index is 486.